The molecule has 1 amide bonds. The predicted molar refractivity (Wildman–Crippen MR) is 79.7 cm³/mol. The van der Waals surface area contributed by atoms with E-state index < -0.39 is 17.6 Å². The molecule has 1 aromatic carbocycles. The van der Waals surface area contributed by atoms with E-state index in [0.717, 1.165) is 5.56 Å². The van der Waals surface area contributed by atoms with E-state index in [1.165, 1.54) is 0 Å². The Labute approximate surface area is 128 Å². The Bertz CT molecular complexity index is 557. The Morgan fingerprint density at radius 1 is 1.27 bits per heavy atom. The lowest BCUT2D eigenvalue weighted by Crippen LogP contribution is -2.54. The fraction of sp³-hybridized carbons (Fsp3) is 0.562. The van der Waals surface area contributed by atoms with Gasteiger partial charge in [0.15, 0.2) is 0 Å². The van der Waals surface area contributed by atoms with Gasteiger partial charge in [0.25, 0.3) is 0 Å². The summed E-state index contributed by atoms with van der Waals surface area (Å²) in [5, 5.41) is 5.07. The maximum absolute atomic E-state index is 13.9. The molecule has 6 heteroatoms. The van der Waals surface area contributed by atoms with Gasteiger partial charge in [0.1, 0.15) is 5.54 Å². The van der Waals surface area contributed by atoms with Crippen LogP contribution in [0.2, 0.25) is 0 Å². The fourth-order valence-electron chi connectivity index (χ4n) is 2.85. The van der Waals surface area contributed by atoms with Crippen molar-refractivity contribution in [2.45, 2.75) is 51.2 Å². The fourth-order valence-corrected chi connectivity index (χ4v) is 2.85. The highest BCUT2D eigenvalue weighted by Crippen LogP contribution is 2.46. The average molecular weight is 314 g/mol. The summed E-state index contributed by atoms with van der Waals surface area (Å²) in [6.45, 7) is 3.40. The number of nitrogens with one attached hydrogen (secondary N) is 2. The molecule has 22 heavy (non-hydrogen) atoms. The van der Waals surface area contributed by atoms with Crippen LogP contribution in [0.5, 0.6) is 0 Å². The van der Waals surface area contributed by atoms with Crippen molar-refractivity contribution in [1.82, 2.24) is 5.32 Å². The Balaban J connectivity index is 2.64. The summed E-state index contributed by atoms with van der Waals surface area (Å²) in [5.41, 5.74) is -0.982. The Morgan fingerprint density at radius 2 is 2.00 bits per heavy atom. The molecule has 0 fully saturated rings. The summed E-state index contributed by atoms with van der Waals surface area (Å²) in [4.78, 5) is 11.7. The number of amides is 1. The van der Waals surface area contributed by atoms with Crippen LogP contribution in [0.15, 0.2) is 18.2 Å². The summed E-state index contributed by atoms with van der Waals surface area (Å²) >= 11 is 0. The quantitative estimate of drug-likeness (QED) is 0.889. The Kier molecular flexibility index (Phi) is 4.80. The minimum Gasteiger partial charge on any atom is -0.325 e. The zero-order chi connectivity index (χ0) is 16.4. The molecule has 0 saturated carbocycles. The average Bonchev–Trinajstić information content (AvgIpc) is 2.61. The van der Waals surface area contributed by atoms with Gasteiger partial charge >= 0.3 is 6.18 Å². The number of carbonyl (C=O) groups excluding carboxylic acids is 1. The summed E-state index contributed by atoms with van der Waals surface area (Å²) in [6.07, 6.45) is -2.83. The predicted octanol–water partition coefficient (Wildman–Crippen LogP) is 3.74. The van der Waals surface area contributed by atoms with E-state index in [1.54, 1.807) is 18.2 Å². The lowest BCUT2D eigenvalue weighted by atomic mass is 9.82. The van der Waals surface area contributed by atoms with Crippen LogP contribution in [0.25, 0.3) is 0 Å². The molecule has 0 bridgehead atoms. The van der Waals surface area contributed by atoms with E-state index >= 15 is 0 Å². The van der Waals surface area contributed by atoms with E-state index in [1.807, 2.05) is 13.8 Å². The molecule has 1 aromatic rings. The van der Waals surface area contributed by atoms with Gasteiger partial charge in [0, 0.05) is 11.3 Å². The first-order chi connectivity index (χ1) is 10.3. The second-order valence-electron chi connectivity index (χ2n) is 5.64. The number of halogens is 3. The number of anilines is 1. The number of unbranched alkanes of at least 4 members (excludes halogenated alkanes) is 1. The third kappa shape index (κ3) is 2.97. The van der Waals surface area contributed by atoms with Gasteiger partial charge in [-0.25, -0.2) is 0 Å². The molecule has 0 spiro atoms. The van der Waals surface area contributed by atoms with E-state index in [2.05, 4.69) is 10.6 Å². The molecule has 3 nitrogen and oxygen atoms in total. The summed E-state index contributed by atoms with van der Waals surface area (Å²) in [5.74, 6) is -0.451. The molecule has 0 radical (unpaired) electrons. The van der Waals surface area contributed by atoms with Gasteiger partial charge in [0.2, 0.25) is 5.91 Å². The molecular weight excluding hydrogens is 293 g/mol. The number of rotatable bonds is 4. The molecule has 0 saturated heterocycles. The van der Waals surface area contributed by atoms with Crippen LogP contribution < -0.4 is 10.6 Å². The van der Waals surface area contributed by atoms with Crippen LogP contribution in [0.4, 0.5) is 18.9 Å². The molecule has 1 heterocycles. The lowest BCUT2D eigenvalue weighted by Gasteiger charge is -2.37. The molecule has 1 aliphatic rings. The SMILES string of the molecule is CCCCC1(C(F)(F)F)NCC(=O)Nc2ccc(CC)cc21. The molecule has 122 valence electrons. The highest BCUT2D eigenvalue weighted by atomic mass is 19.4. The summed E-state index contributed by atoms with van der Waals surface area (Å²) in [6, 6.07) is 4.90. The van der Waals surface area contributed by atoms with Crippen LogP contribution in [0.3, 0.4) is 0 Å². The van der Waals surface area contributed by atoms with Crippen LogP contribution in [0, 0.1) is 0 Å². The number of hydrogen-bond donors (Lipinski definition) is 2. The van der Waals surface area contributed by atoms with Gasteiger partial charge in [-0.3, -0.25) is 10.1 Å². The van der Waals surface area contributed by atoms with Crippen LogP contribution in [-0.4, -0.2) is 18.6 Å². The summed E-state index contributed by atoms with van der Waals surface area (Å²) in [7, 11) is 0. The smallest absolute Gasteiger partial charge is 0.325 e. The lowest BCUT2D eigenvalue weighted by molar-refractivity contribution is -0.203. The van der Waals surface area contributed by atoms with Gasteiger partial charge in [-0.2, -0.15) is 13.2 Å². The van der Waals surface area contributed by atoms with Crippen molar-refractivity contribution >= 4 is 11.6 Å². The van der Waals surface area contributed by atoms with Crippen molar-refractivity contribution in [3.63, 3.8) is 0 Å². The molecule has 1 atom stereocenters. The number of carbonyl (C=O) groups is 1. The van der Waals surface area contributed by atoms with E-state index in [0.29, 0.717) is 19.3 Å². The van der Waals surface area contributed by atoms with Crippen molar-refractivity contribution in [2.75, 3.05) is 11.9 Å². The number of aryl methyl sites for hydroxylation is 1. The topological polar surface area (TPSA) is 41.1 Å². The van der Waals surface area contributed by atoms with Crippen molar-refractivity contribution in [1.29, 1.82) is 0 Å². The third-order valence-corrected chi connectivity index (χ3v) is 4.17. The zero-order valence-electron chi connectivity index (χ0n) is 12.8. The second kappa shape index (κ2) is 6.28. The molecule has 2 N–H and O–H groups in total. The first-order valence-electron chi connectivity index (χ1n) is 7.59. The third-order valence-electron chi connectivity index (χ3n) is 4.17. The van der Waals surface area contributed by atoms with Crippen molar-refractivity contribution in [3.05, 3.63) is 29.3 Å². The van der Waals surface area contributed by atoms with Crippen LogP contribution >= 0.6 is 0 Å². The Hall–Kier alpha value is -1.56. The molecular formula is C16H21F3N2O. The minimum absolute atomic E-state index is 0.0812. The maximum Gasteiger partial charge on any atom is 0.410 e. The largest absolute Gasteiger partial charge is 0.410 e. The molecule has 1 unspecified atom stereocenters. The first-order valence-corrected chi connectivity index (χ1v) is 7.59. The summed E-state index contributed by atoms with van der Waals surface area (Å²) < 4.78 is 41.8. The standard InChI is InChI=1S/C16H21F3N2O/c1-3-5-8-15(16(17,18)19)12-9-11(4-2)6-7-13(12)21-14(22)10-20-15/h6-7,9,20H,3-5,8,10H2,1-2H3,(H,21,22). The minimum atomic E-state index is -4.48. The highest BCUT2D eigenvalue weighted by molar-refractivity contribution is 5.94. The maximum atomic E-state index is 13.9. The van der Waals surface area contributed by atoms with Crippen molar-refractivity contribution in [2.24, 2.45) is 0 Å². The van der Waals surface area contributed by atoms with E-state index in [-0.39, 0.29) is 24.2 Å². The number of benzene rings is 1. The second-order valence-corrected chi connectivity index (χ2v) is 5.64. The normalized spacial score (nSPS) is 22.0. The highest BCUT2D eigenvalue weighted by Gasteiger charge is 2.57. The van der Waals surface area contributed by atoms with Gasteiger partial charge in [-0.15, -0.1) is 0 Å². The van der Waals surface area contributed by atoms with E-state index in [9.17, 15) is 18.0 Å². The molecule has 1 aliphatic heterocycles. The Morgan fingerprint density at radius 3 is 2.59 bits per heavy atom. The number of fused-ring (bicyclic) bond motifs is 1. The van der Waals surface area contributed by atoms with Gasteiger partial charge < -0.3 is 5.32 Å². The van der Waals surface area contributed by atoms with Crippen molar-refractivity contribution < 1.29 is 18.0 Å². The van der Waals surface area contributed by atoms with E-state index in [4.69, 9.17) is 0 Å². The number of hydrogen-bond acceptors (Lipinski definition) is 2. The zero-order valence-corrected chi connectivity index (χ0v) is 12.8. The van der Waals surface area contributed by atoms with Crippen LogP contribution in [0.1, 0.15) is 44.2 Å². The van der Waals surface area contributed by atoms with Gasteiger partial charge in [-0.1, -0.05) is 38.8 Å². The van der Waals surface area contributed by atoms with Crippen molar-refractivity contribution in [3.8, 4) is 0 Å². The molecule has 2 rings (SSSR count). The van der Waals surface area contributed by atoms with Gasteiger partial charge in [-0.05, 0) is 24.5 Å². The van der Waals surface area contributed by atoms with Crippen LogP contribution in [-0.2, 0) is 16.8 Å². The molecule has 0 aromatic heterocycles. The number of alkyl halides is 3. The molecule has 0 aliphatic carbocycles. The first kappa shape index (κ1) is 16.8. The van der Waals surface area contributed by atoms with Gasteiger partial charge in [0.05, 0.1) is 6.54 Å². The monoisotopic (exact) mass is 314 g/mol.